The van der Waals surface area contributed by atoms with Gasteiger partial charge in [-0.05, 0) is 11.6 Å². The molecule has 3 nitrogen and oxygen atoms in total. The Kier molecular flexibility index (Phi) is 2.93. The number of hydrogen-bond acceptors (Lipinski definition) is 2. The van der Waals surface area contributed by atoms with E-state index in [2.05, 4.69) is 4.72 Å². The first-order valence-corrected chi connectivity index (χ1v) is 5.91. The van der Waals surface area contributed by atoms with E-state index in [1.807, 2.05) is 32.0 Å². The molecule has 0 fully saturated rings. The van der Waals surface area contributed by atoms with Crippen LogP contribution in [0, 0.1) is 0 Å². The van der Waals surface area contributed by atoms with Crippen molar-refractivity contribution in [3.05, 3.63) is 29.8 Å². The maximum absolute atomic E-state index is 11.0. The van der Waals surface area contributed by atoms with Crippen molar-refractivity contribution >= 4 is 15.7 Å². The molecule has 0 saturated heterocycles. The molecule has 1 aromatic rings. The fourth-order valence-electron chi connectivity index (χ4n) is 1.15. The summed E-state index contributed by atoms with van der Waals surface area (Å²) in [5, 5.41) is 0. The Bertz CT molecular complexity index is 353. The average molecular weight is 199 g/mol. The standard InChI is InChI=1S/C7H7NO2S.C2H6/c9-11(10)5-6-3-1-2-4-7(6)8-11;1-2/h1-4,8H,5H2;1-2H3. The van der Waals surface area contributed by atoms with Gasteiger partial charge in [0.15, 0.2) is 0 Å². The highest BCUT2D eigenvalue weighted by molar-refractivity contribution is 7.92. The van der Waals surface area contributed by atoms with E-state index in [1.54, 1.807) is 6.07 Å². The monoisotopic (exact) mass is 199 g/mol. The number of rotatable bonds is 0. The number of benzene rings is 1. The molecule has 1 aromatic carbocycles. The first-order chi connectivity index (χ1) is 6.17. The molecular weight excluding hydrogens is 186 g/mol. The molecule has 0 saturated carbocycles. The van der Waals surface area contributed by atoms with Gasteiger partial charge in [-0.25, -0.2) is 8.42 Å². The van der Waals surface area contributed by atoms with Gasteiger partial charge in [0.25, 0.3) is 0 Å². The van der Waals surface area contributed by atoms with E-state index in [4.69, 9.17) is 0 Å². The number of sulfonamides is 1. The van der Waals surface area contributed by atoms with Gasteiger partial charge in [0.2, 0.25) is 10.0 Å². The van der Waals surface area contributed by atoms with Crippen molar-refractivity contribution in [3.63, 3.8) is 0 Å². The Hall–Kier alpha value is -1.03. The Morgan fingerprint density at radius 2 is 1.85 bits per heavy atom. The second kappa shape index (κ2) is 3.79. The van der Waals surface area contributed by atoms with Crippen LogP contribution in [0.2, 0.25) is 0 Å². The molecule has 0 amide bonds. The van der Waals surface area contributed by atoms with Crippen molar-refractivity contribution < 1.29 is 8.42 Å². The summed E-state index contributed by atoms with van der Waals surface area (Å²) in [6.45, 7) is 4.00. The summed E-state index contributed by atoms with van der Waals surface area (Å²) in [4.78, 5) is 0. The number of nitrogens with one attached hydrogen (secondary N) is 1. The maximum atomic E-state index is 11.0. The molecule has 0 spiro atoms. The predicted octanol–water partition coefficient (Wildman–Crippen LogP) is 1.97. The van der Waals surface area contributed by atoms with Gasteiger partial charge in [-0.2, -0.15) is 0 Å². The molecule has 13 heavy (non-hydrogen) atoms. The summed E-state index contributed by atoms with van der Waals surface area (Å²) in [5.74, 6) is 0.114. The zero-order valence-corrected chi connectivity index (χ0v) is 8.56. The molecular formula is C9H13NO2S. The van der Waals surface area contributed by atoms with Gasteiger partial charge in [-0.15, -0.1) is 0 Å². The Morgan fingerprint density at radius 1 is 1.23 bits per heavy atom. The van der Waals surface area contributed by atoms with Gasteiger partial charge < -0.3 is 0 Å². The zero-order chi connectivity index (χ0) is 9.90. The summed E-state index contributed by atoms with van der Waals surface area (Å²) in [6, 6.07) is 7.22. The lowest BCUT2D eigenvalue weighted by atomic mass is 10.2. The van der Waals surface area contributed by atoms with Crippen molar-refractivity contribution in [2.75, 3.05) is 4.72 Å². The third-order valence-corrected chi connectivity index (χ3v) is 2.85. The van der Waals surface area contributed by atoms with Crippen LogP contribution in [-0.4, -0.2) is 8.42 Å². The molecule has 0 radical (unpaired) electrons. The Morgan fingerprint density at radius 3 is 2.46 bits per heavy atom. The fraction of sp³-hybridized carbons (Fsp3) is 0.333. The van der Waals surface area contributed by atoms with Gasteiger partial charge in [-0.3, -0.25) is 4.72 Å². The zero-order valence-electron chi connectivity index (χ0n) is 7.74. The summed E-state index contributed by atoms with van der Waals surface area (Å²) < 4.78 is 24.4. The van der Waals surface area contributed by atoms with Crippen molar-refractivity contribution in [2.45, 2.75) is 19.6 Å². The van der Waals surface area contributed by atoms with Crippen LogP contribution in [0.3, 0.4) is 0 Å². The highest BCUT2D eigenvalue weighted by Crippen LogP contribution is 2.25. The lowest BCUT2D eigenvalue weighted by Gasteiger charge is -1.93. The first-order valence-electron chi connectivity index (χ1n) is 4.26. The summed E-state index contributed by atoms with van der Waals surface area (Å²) in [5.41, 5.74) is 1.57. The van der Waals surface area contributed by atoms with Gasteiger partial charge >= 0.3 is 0 Å². The second-order valence-electron chi connectivity index (χ2n) is 2.52. The van der Waals surface area contributed by atoms with E-state index >= 15 is 0 Å². The molecule has 72 valence electrons. The third-order valence-electron chi connectivity index (χ3n) is 1.63. The molecule has 1 N–H and O–H groups in total. The molecule has 0 unspecified atom stereocenters. The molecule has 1 aliphatic heterocycles. The normalized spacial score (nSPS) is 16.5. The Balaban J connectivity index is 0.000000396. The van der Waals surface area contributed by atoms with E-state index in [0.29, 0.717) is 5.69 Å². The smallest absolute Gasteiger partial charge is 0.237 e. The van der Waals surface area contributed by atoms with Crippen molar-refractivity contribution in [1.29, 1.82) is 0 Å². The van der Waals surface area contributed by atoms with Crippen LogP contribution in [0.5, 0.6) is 0 Å². The number of para-hydroxylation sites is 1. The van der Waals surface area contributed by atoms with Crippen molar-refractivity contribution in [2.24, 2.45) is 0 Å². The fourth-order valence-corrected chi connectivity index (χ4v) is 2.42. The van der Waals surface area contributed by atoms with Crippen LogP contribution >= 0.6 is 0 Å². The molecule has 4 heteroatoms. The highest BCUT2D eigenvalue weighted by Gasteiger charge is 2.21. The molecule has 1 aliphatic rings. The molecule has 0 aromatic heterocycles. The van der Waals surface area contributed by atoms with Crippen molar-refractivity contribution in [1.82, 2.24) is 0 Å². The number of hydrogen-bond donors (Lipinski definition) is 1. The Labute approximate surface area is 78.8 Å². The SMILES string of the molecule is CC.O=S1(=O)Cc2ccccc2N1. The minimum absolute atomic E-state index is 0.114. The number of fused-ring (bicyclic) bond motifs is 1. The largest absolute Gasteiger partial charge is 0.283 e. The van der Waals surface area contributed by atoms with Crippen LogP contribution in [0.1, 0.15) is 19.4 Å². The van der Waals surface area contributed by atoms with Crippen molar-refractivity contribution in [3.8, 4) is 0 Å². The van der Waals surface area contributed by atoms with Gasteiger partial charge in [0.1, 0.15) is 0 Å². The van der Waals surface area contributed by atoms with Gasteiger partial charge in [0, 0.05) is 0 Å². The predicted molar refractivity (Wildman–Crippen MR) is 54.0 cm³/mol. The summed E-state index contributed by atoms with van der Waals surface area (Å²) in [7, 11) is -3.06. The third kappa shape index (κ3) is 2.21. The van der Waals surface area contributed by atoms with Crippen LogP contribution < -0.4 is 4.72 Å². The van der Waals surface area contributed by atoms with E-state index in [0.717, 1.165) is 5.56 Å². The quantitative estimate of drug-likeness (QED) is 0.694. The average Bonchev–Trinajstić information content (AvgIpc) is 2.41. The van der Waals surface area contributed by atoms with Crippen LogP contribution in [0.4, 0.5) is 5.69 Å². The van der Waals surface area contributed by atoms with E-state index in [1.165, 1.54) is 0 Å². The lowest BCUT2D eigenvalue weighted by Crippen LogP contribution is -2.05. The summed E-state index contributed by atoms with van der Waals surface area (Å²) >= 11 is 0. The minimum atomic E-state index is -3.06. The minimum Gasteiger partial charge on any atom is -0.283 e. The highest BCUT2D eigenvalue weighted by atomic mass is 32.2. The second-order valence-corrected chi connectivity index (χ2v) is 4.24. The lowest BCUT2D eigenvalue weighted by molar-refractivity contribution is 0.602. The van der Waals surface area contributed by atoms with E-state index < -0.39 is 10.0 Å². The molecule has 1 heterocycles. The molecule has 2 rings (SSSR count). The van der Waals surface area contributed by atoms with E-state index in [-0.39, 0.29) is 5.75 Å². The van der Waals surface area contributed by atoms with Gasteiger partial charge in [0.05, 0.1) is 11.4 Å². The molecule has 0 aliphatic carbocycles. The van der Waals surface area contributed by atoms with Crippen LogP contribution in [0.25, 0.3) is 0 Å². The first kappa shape index (κ1) is 10.1. The van der Waals surface area contributed by atoms with Crippen LogP contribution in [0.15, 0.2) is 24.3 Å². The molecule has 0 atom stereocenters. The summed E-state index contributed by atoms with van der Waals surface area (Å²) in [6.07, 6.45) is 0. The maximum Gasteiger partial charge on any atom is 0.237 e. The number of anilines is 1. The van der Waals surface area contributed by atoms with Crippen LogP contribution in [-0.2, 0) is 15.8 Å². The molecule has 0 bridgehead atoms. The van der Waals surface area contributed by atoms with Gasteiger partial charge in [-0.1, -0.05) is 32.0 Å². The van der Waals surface area contributed by atoms with E-state index in [9.17, 15) is 8.42 Å². The topological polar surface area (TPSA) is 46.2 Å².